The predicted octanol–water partition coefficient (Wildman–Crippen LogP) is 6.30. The summed E-state index contributed by atoms with van der Waals surface area (Å²) >= 11 is 6.18. The molecule has 1 N–H and O–H groups in total. The number of nitrogens with zero attached hydrogens (tertiary/aromatic N) is 3. The molecular weight excluding hydrogens is 437 g/mol. The van der Waals surface area contributed by atoms with Crippen LogP contribution in [0, 0.1) is 5.82 Å². The Morgan fingerprint density at radius 3 is 2.55 bits per heavy atom. The van der Waals surface area contributed by atoms with E-state index in [1.807, 2.05) is 34.8 Å². The van der Waals surface area contributed by atoms with Crippen LogP contribution in [0.3, 0.4) is 0 Å². The van der Waals surface area contributed by atoms with Crippen molar-refractivity contribution in [2.75, 3.05) is 18.1 Å². The van der Waals surface area contributed by atoms with Crippen molar-refractivity contribution in [2.24, 2.45) is 0 Å². The maximum Gasteiger partial charge on any atom is 0.123 e. The fourth-order valence-corrected chi connectivity index (χ4v) is 5.21. The van der Waals surface area contributed by atoms with Gasteiger partial charge in [-0.05, 0) is 67.6 Å². The maximum atomic E-state index is 14.2. The number of fused-ring (bicyclic) bond motifs is 1. The van der Waals surface area contributed by atoms with Gasteiger partial charge in [0.05, 0.1) is 29.6 Å². The molecule has 2 aromatic heterocycles. The van der Waals surface area contributed by atoms with Crippen LogP contribution in [0.2, 0.25) is 5.02 Å². The summed E-state index contributed by atoms with van der Waals surface area (Å²) in [5, 5.41) is 15.7. The molecule has 33 heavy (non-hydrogen) atoms. The average Bonchev–Trinajstić information content (AvgIpc) is 3.43. The molecule has 0 amide bonds. The summed E-state index contributed by atoms with van der Waals surface area (Å²) in [6.45, 7) is 1.01. The molecule has 2 aromatic carbocycles. The fourth-order valence-electron chi connectivity index (χ4n) is 5.09. The fraction of sp³-hybridized carbons (Fsp3) is 0.296. The molecule has 1 saturated carbocycles. The Bertz CT molecular complexity index is 1330. The van der Waals surface area contributed by atoms with Crippen LogP contribution in [-0.2, 0) is 0 Å². The van der Waals surface area contributed by atoms with Crippen molar-refractivity contribution in [1.82, 2.24) is 9.61 Å². The minimum absolute atomic E-state index is 0.0950. The summed E-state index contributed by atoms with van der Waals surface area (Å²) in [5.74, 6) is 0.171. The molecule has 1 unspecified atom stereocenters. The van der Waals surface area contributed by atoms with Crippen molar-refractivity contribution in [3.63, 3.8) is 0 Å². The van der Waals surface area contributed by atoms with Crippen molar-refractivity contribution in [3.05, 3.63) is 77.2 Å². The zero-order valence-electron chi connectivity index (χ0n) is 18.2. The molecular formula is C27H25ClFN3O. The number of pyridine rings is 1. The van der Waals surface area contributed by atoms with E-state index >= 15 is 0 Å². The van der Waals surface area contributed by atoms with Gasteiger partial charge in [0.15, 0.2) is 0 Å². The zero-order valence-corrected chi connectivity index (χ0v) is 19.0. The van der Waals surface area contributed by atoms with Gasteiger partial charge in [0.1, 0.15) is 5.82 Å². The van der Waals surface area contributed by atoms with E-state index in [9.17, 15) is 9.50 Å². The highest BCUT2D eigenvalue weighted by molar-refractivity contribution is 6.30. The molecule has 3 heterocycles. The van der Waals surface area contributed by atoms with Gasteiger partial charge in [0, 0.05) is 34.3 Å². The number of rotatable bonds is 5. The summed E-state index contributed by atoms with van der Waals surface area (Å²) in [5.41, 5.74) is 6.97. The second-order valence-corrected chi connectivity index (χ2v) is 9.56. The SMILES string of the molecule is OCC1CCCN1c1cc(-c2cccc(F)c2)n2nc(C3CC3)c(-c3ccc(Cl)cc3)c2c1. The standard InChI is InChI=1S/C27H25ClFN3O/c28-20-10-8-17(9-11-20)26-25-15-23(31-12-2-5-22(31)16-33)14-24(19-3-1-4-21(29)13-19)32(25)30-27(26)18-6-7-18/h1,3-4,8-11,13-15,18,22,33H,2,5-7,12,16H2. The summed E-state index contributed by atoms with van der Waals surface area (Å²) in [7, 11) is 0. The Balaban J connectivity index is 1.64. The second-order valence-electron chi connectivity index (χ2n) is 9.12. The van der Waals surface area contributed by atoms with Gasteiger partial charge in [-0.2, -0.15) is 5.10 Å². The van der Waals surface area contributed by atoms with Crippen molar-refractivity contribution in [3.8, 4) is 22.4 Å². The molecule has 2 fully saturated rings. The van der Waals surface area contributed by atoms with E-state index in [2.05, 4.69) is 17.0 Å². The van der Waals surface area contributed by atoms with Gasteiger partial charge in [-0.3, -0.25) is 0 Å². The third kappa shape index (κ3) is 3.69. The minimum Gasteiger partial charge on any atom is -0.394 e. The van der Waals surface area contributed by atoms with Gasteiger partial charge in [-0.1, -0.05) is 35.9 Å². The molecule has 4 aromatic rings. The summed E-state index contributed by atoms with van der Waals surface area (Å²) in [6, 6.07) is 19.0. The van der Waals surface area contributed by atoms with E-state index in [0.29, 0.717) is 10.9 Å². The molecule has 168 valence electrons. The van der Waals surface area contributed by atoms with E-state index in [1.165, 1.54) is 6.07 Å². The number of aromatic nitrogens is 2. The van der Waals surface area contributed by atoms with Crippen LogP contribution in [0.1, 0.15) is 37.3 Å². The first-order chi connectivity index (χ1) is 16.1. The van der Waals surface area contributed by atoms with Gasteiger partial charge < -0.3 is 10.0 Å². The first kappa shape index (κ1) is 20.7. The van der Waals surface area contributed by atoms with E-state index < -0.39 is 0 Å². The van der Waals surface area contributed by atoms with Crippen LogP contribution < -0.4 is 4.90 Å². The number of aliphatic hydroxyl groups is 1. The van der Waals surface area contributed by atoms with Gasteiger partial charge in [0.2, 0.25) is 0 Å². The molecule has 0 bridgehead atoms. The molecule has 1 aliphatic carbocycles. The van der Waals surface area contributed by atoms with E-state index in [1.54, 1.807) is 12.1 Å². The van der Waals surface area contributed by atoms with Gasteiger partial charge in [-0.25, -0.2) is 8.91 Å². The van der Waals surface area contributed by atoms with Gasteiger partial charge >= 0.3 is 0 Å². The topological polar surface area (TPSA) is 40.8 Å². The Kier molecular flexibility index (Phi) is 5.11. The lowest BCUT2D eigenvalue weighted by Crippen LogP contribution is -2.32. The van der Waals surface area contributed by atoms with E-state index in [4.69, 9.17) is 16.7 Å². The lowest BCUT2D eigenvalue weighted by molar-refractivity contribution is 0.266. The number of benzene rings is 2. The first-order valence-electron chi connectivity index (χ1n) is 11.6. The number of hydrogen-bond donors (Lipinski definition) is 1. The highest BCUT2D eigenvalue weighted by Gasteiger charge is 2.32. The lowest BCUT2D eigenvalue weighted by Gasteiger charge is -2.26. The number of halogens is 2. The Morgan fingerprint density at radius 2 is 1.82 bits per heavy atom. The van der Waals surface area contributed by atoms with Crippen LogP contribution in [-0.4, -0.2) is 33.9 Å². The van der Waals surface area contributed by atoms with Gasteiger partial charge in [-0.15, -0.1) is 0 Å². The largest absolute Gasteiger partial charge is 0.394 e. The zero-order chi connectivity index (χ0) is 22.5. The van der Waals surface area contributed by atoms with Crippen LogP contribution >= 0.6 is 11.6 Å². The number of anilines is 1. The van der Waals surface area contributed by atoms with Crippen molar-refractivity contribution < 1.29 is 9.50 Å². The molecule has 1 aliphatic heterocycles. The quantitative estimate of drug-likeness (QED) is 0.379. The van der Waals surface area contributed by atoms with Crippen LogP contribution in [0.15, 0.2) is 60.7 Å². The monoisotopic (exact) mass is 461 g/mol. The molecule has 0 radical (unpaired) electrons. The number of aliphatic hydroxyl groups excluding tert-OH is 1. The maximum absolute atomic E-state index is 14.2. The highest BCUT2D eigenvalue weighted by atomic mass is 35.5. The Morgan fingerprint density at radius 1 is 1.00 bits per heavy atom. The lowest BCUT2D eigenvalue weighted by atomic mass is 10.0. The van der Waals surface area contributed by atoms with Crippen LogP contribution in [0.5, 0.6) is 0 Å². The molecule has 1 atom stereocenters. The normalized spacial score (nSPS) is 18.4. The molecule has 0 spiro atoms. The Hall–Kier alpha value is -2.89. The smallest absolute Gasteiger partial charge is 0.123 e. The predicted molar refractivity (Wildman–Crippen MR) is 130 cm³/mol. The third-order valence-corrected chi connectivity index (χ3v) is 7.13. The first-order valence-corrected chi connectivity index (χ1v) is 12.0. The minimum atomic E-state index is -0.270. The van der Waals surface area contributed by atoms with Gasteiger partial charge in [0.25, 0.3) is 0 Å². The molecule has 4 nitrogen and oxygen atoms in total. The number of hydrogen-bond acceptors (Lipinski definition) is 3. The highest BCUT2D eigenvalue weighted by Crippen LogP contribution is 2.47. The third-order valence-electron chi connectivity index (χ3n) is 6.88. The summed E-state index contributed by atoms with van der Waals surface area (Å²) in [6.07, 6.45) is 4.27. The second kappa shape index (κ2) is 8.15. The van der Waals surface area contributed by atoms with Crippen molar-refractivity contribution in [1.29, 1.82) is 0 Å². The molecule has 1 saturated heterocycles. The van der Waals surface area contributed by atoms with Crippen LogP contribution in [0.25, 0.3) is 27.9 Å². The van der Waals surface area contributed by atoms with Crippen LogP contribution in [0.4, 0.5) is 10.1 Å². The summed E-state index contributed by atoms with van der Waals surface area (Å²) in [4.78, 5) is 2.28. The van der Waals surface area contributed by atoms with Crippen molar-refractivity contribution >= 4 is 22.8 Å². The molecule has 2 aliphatic rings. The molecule has 6 heteroatoms. The average molecular weight is 462 g/mol. The van der Waals surface area contributed by atoms with E-state index in [0.717, 1.165) is 71.5 Å². The Labute approximate surface area is 197 Å². The molecule has 6 rings (SSSR count). The van der Waals surface area contributed by atoms with E-state index in [-0.39, 0.29) is 18.5 Å². The van der Waals surface area contributed by atoms with Crippen molar-refractivity contribution in [2.45, 2.75) is 37.6 Å². The summed E-state index contributed by atoms with van der Waals surface area (Å²) < 4.78 is 16.2.